The number of hydrogen-bond acceptors (Lipinski definition) is 4. The van der Waals surface area contributed by atoms with E-state index in [9.17, 15) is 0 Å². The van der Waals surface area contributed by atoms with E-state index < -0.39 is 0 Å². The summed E-state index contributed by atoms with van der Waals surface area (Å²) in [5.74, 6) is 0. The first kappa shape index (κ1) is 20.8. The van der Waals surface area contributed by atoms with Gasteiger partial charge in [0.25, 0.3) is 0 Å². The van der Waals surface area contributed by atoms with Crippen molar-refractivity contribution in [2.45, 2.75) is 12.6 Å². The smallest absolute Gasteiger partial charge is 0.0966 e. The molecule has 5 nitrogen and oxygen atoms in total. The Morgan fingerprint density at radius 3 is 2.15 bits per heavy atom. The van der Waals surface area contributed by atoms with Crippen molar-refractivity contribution in [3.63, 3.8) is 0 Å². The second-order valence-electron chi connectivity index (χ2n) is 8.94. The molecule has 5 heteroatoms. The molecule has 34 heavy (non-hydrogen) atoms. The van der Waals surface area contributed by atoms with Crippen molar-refractivity contribution < 1.29 is 4.42 Å². The maximum absolute atomic E-state index is 5.23. The lowest BCUT2D eigenvalue weighted by Gasteiger charge is -2.36. The normalized spacial score (nSPS) is 14.8. The maximum Gasteiger partial charge on any atom is 0.0966 e. The van der Waals surface area contributed by atoms with Crippen molar-refractivity contribution in [3.05, 3.63) is 120 Å². The van der Waals surface area contributed by atoms with Crippen molar-refractivity contribution in [1.82, 2.24) is 14.5 Å². The fourth-order valence-corrected chi connectivity index (χ4v) is 5.01. The number of furan rings is 1. The SMILES string of the molecule is c1ccc(C(c2ccccc2)n2cnc3ccc(N4CCN(Cc5ccoc5)CC4)cc32)cc1. The molecule has 0 spiro atoms. The lowest BCUT2D eigenvalue weighted by molar-refractivity contribution is 0.249. The second-order valence-corrected chi connectivity index (χ2v) is 8.94. The number of nitrogens with zero attached hydrogens (tertiary/aromatic N) is 4. The minimum Gasteiger partial charge on any atom is -0.472 e. The average Bonchev–Trinajstić information content (AvgIpc) is 3.56. The molecule has 1 aliphatic heterocycles. The molecular weight excluding hydrogens is 420 g/mol. The highest BCUT2D eigenvalue weighted by atomic mass is 16.3. The van der Waals surface area contributed by atoms with E-state index in [1.807, 2.05) is 12.6 Å². The van der Waals surface area contributed by atoms with Crippen molar-refractivity contribution in [2.24, 2.45) is 0 Å². The van der Waals surface area contributed by atoms with E-state index in [1.54, 1.807) is 6.26 Å². The number of aromatic nitrogens is 2. The molecule has 2 aromatic heterocycles. The maximum atomic E-state index is 5.23. The van der Waals surface area contributed by atoms with Crippen molar-refractivity contribution in [1.29, 1.82) is 0 Å². The Hall–Kier alpha value is -3.83. The summed E-state index contributed by atoms with van der Waals surface area (Å²) < 4.78 is 7.55. The van der Waals surface area contributed by atoms with Crippen molar-refractivity contribution >= 4 is 16.7 Å². The van der Waals surface area contributed by atoms with Crippen LogP contribution < -0.4 is 4.90 Å². The van der Waals surface area contributed by atoms with E-state index in [2.05, 4.69) is 99.3 Å². The zero-order valence-electron chi connectivity index (χ0n) is 19.1. The van der Waals surface area contributed by atoms with Gasteiger partial charge in [0, 0.05) is 44.0 Å². The predicted octanol–water partition coefficient (Wildman–Crippen LogP) is 5.59. The quantitative estimate of drug-likeness (QED) is 0.339. The highest BCUT2D eigenvalue weighted by molar-refractivity contribution is 5.80. The van der Waals surface area contributed by atoms with Gasteiger partial charge in [0.2, 0.25) is 0 Å². The van der Waals surface area contributed by atoms with Gasteiger partial charge in [-0.05, 0) is 35.4 Å². The van der Waals surface area contributed by atoms with Gasteiger partial charge < -0.3 is 13.9 Å². The molecule has 1 aliphatic rings. The zero-order chi connectivity index (χ0) is 22.7. The van der Waals surface area contributed by atoms with Crippen LogP contribution in [0.5, 0.6) is 0 Å². The number of fused-ring (bicyclic) bond motifs is 1. The van der Waals surface area contributed by atoms with E-state index >= 15 is 0 Å². The first-order valence-electron chi connectivity index (χ1n) is 11.9. The van der Waals surface area contributed by atoms with Crippen LogP contribution in [0.15, 0.2) is 108 Å². The van der Waals surface area contributed by atoms with Crippen LogP contribution in [-0.4, -0.2) is 40.6 Å². The molecule has 0 N–H and O–H groups in total. The number of hydrogen-bond donors (Lipinski definition) is 0. The molecule has 0 radical (unpaired) electrons. The molecule has 0 saturated carbocycles. The summed E-state index contributed by atoms with van der Waals surface area (Å²) in [6, 6.07) is 30.2. The molecule has 0 atom stereocenters. The third kappa shape index (κ3) is 4.11. The third-order valence-electron chi connectivity index (χ3n) is 6.79. The van der Waals surface area contributed by atoms with Gasteiger partial charge in [0.1, 0.15) is 0 Å². The van der Waals surface area contributed by atoms with Crippen LogP contribution in [-0.2, 0) is 6.54 Å². The lowest BCUT2D eigenvalue weighted by atomic mass is 9.98. The van der Waals surface area contributed by atoms with Crippen LogP contribution in [0.25, 0.3) is 11.0 Å². The minimum atomic E-state index is 0.0782. The number of imidazole rings is 1. The summed E-state index contributed by atoms with van der Waals surface area (Å²) >= 11 is 0. The Morgan fingerprint density at radius 2 is 1.50 bits per heavy atom. The number of piperazine rings is 1. The molecule has 1 saturated heterocycles. The summed E-state index contributed by atoms with van der Waals surface area (Å²) in [4.78, 5) is 9.74. The van der Waals surface area contributed by atoms with Crippen LogP contribution >= 0.6 is 0 Å². The Balaban J connectivity index is 1.30. The lowest BCUT2D eigenvalue weighted by Crippen LogP contribution is -2.45. The molecule has 1 fully saturated rings. The zero-order valence-corrected chi connectivity index (χ0v) is 19.1. The molecule has 0 amide bonds. The number of benzene rings is 3. The summed E-state index contributed by atoms with van der Waals surface area (Å²) in [6.45, 7) is 5.06. The van der Waals surface area contributed by atoms with Gasteiger partial charge in [0.15, 0.2) is 0 Å². The first-order chi connectivity index (χ1) is 16.8. The molecule has 0 unspecified atom stereocenters. The highest BCUT2D eigenvalue weighted by Crippen LogP contribution is 2.32. The molecular formula is C29H28N4O. The first-order valence-corrected chi connectivity index (χ1v) is 11.9. The Labute approximate surface area is 199 Å². The van der Waals surface area contributed by atoms with Gasteiger partial charge >= 0.3 is 0 Å². The van der Waals surface area contributed by atoms with Crippen molar-refractivity contribution in [2.75, 3.05) is 31.1 Å². The van der Waals surface area contributed by atoms with Crippen LogP contribution in [0, 0.1) is 0 Å². The van der Waals surface area contributed by atoms with E-state index in [-0.39, 0.29) is 6.04 Å². The fourth-order valence-electron chi connectivity index (χ4n) is 5.01. The Morgan fingerprint density at radius 1 is 0.794 bits per heavy atom. The monoisotopic (exact) mass is 448 g/mol. The number of rotatable bonds is 6. The van der Waals surface area contributed by atoms with Gasteiger partial charge in [-0.3, -0.25) is 4.90 Å². The molecule has 5 aromatic rings. The minimum absolute atomic E-state index is 0.0782. The highest BCUT2D eigenvalue weighted by Gasteiger charge is 2.21. The van der Waals surface area contributed by atoms with Crippen LogP contribution in [0.1, 0.15) is 22.7 Å². The van der Waals surface area contributed by atoms with E-state index in [0.717, 1.165) is 43.8 Å². The van der Waals surface area contributed by atoms with Gasteiger partial charge in [0.05, 0.1) is 35.9 Å². The largest absolute Gasteiger partial charge is 0.472 e. The van der Waals surface area contributed by atoms with Crippen LogP contribution in [0.3, 0.4) is 0 Å². The van der Waals surface area contributed by atoms with E-state index in [1.165, 1.54) is 22.4 Å². The summed E-state index contributed by atoms with van der Waals surface area (Å²) in [7, 11) is 0. The Kier molecular flexibility index (Phi) is 5.61. The standard InChI is InChI=1S/C29H28N4O/c1-3-7-24(8-4-1)29(25-9-5-2-6-10-25)33-22-30-27-12-11-26(19-28(27)33)32-16-14-31(15-17-32)20-23-13-18-34-21-23/h1-13,18-19,21-22,29H,14-17,20H2. The predicted molar refractivity (Wildman–Crippen MR) is 136 cm³/mol. The van der Waals surface area contributed by atoms with Crippen LogP contribution in [0.4, 0.5) is 5.69 Å². The van der Waals surface area contributed by atoms with Gasteiger partial charge in [-0.25, -0.2) is 4.98 Å². The molecule has 6 rings (SSSR count). The third-order valence-corrected chi connectivity index (χ3v) is 6.79. The van der Waals surface area contributed by atoms with E-state index in [0.29, 0.717) is 0 Å². The number of anilines is 1. The summed E-state index contributed by atoms with van der Waals surface area (Å²) in [5, 5.41) is 0. The molecule has 3 heterocycles. The molecule has 0 bridgehead atoms. The second kappa shape index (κ2) is 9.20. The average molecular weight is 449 g/mol. The summed E-state index contributed by atoms with van der Waals surface area (Å²) in [5.41, 5.74) is 7.21. The Bertz CT molecular complexity index is 1300. The molecule has 170 valence electrons. The van der Waals surface area contributed by atoms with Crippen molar-refractivity contribution in [3.8, 4) is 0 Å². The topological polar surface area (TPSA) is 37.4 Å². The summed E-state index contributed by atoms with van der Waals surface area (Å²) in [6.07, 6.45) is 5.58. The van der Waals surface area contributed by atoms with Gasteiger partial charge in [-0.2, -0.15) is 0 Å². The molecule has 0 aliphatic carbocycles. The molecule has 3 aromatic carbocycles. The van der Waals surface area contributed by atoms with Crippen LogP contribution in [0.2, 0.25) is 0 Å². The fraction of sp³-hybridized carbons (Fsp3) is 0.207. The van der Waals surface area contributed by atoms with Gasteiger partial charge in [-0.15, -0.1) is 0 Å². The van der Waals surface area contributed by atoms with E-state index in [4.69, 9.17) is 9.40 Å². The van der Waals surface area contributed by atoms with Gasteiger partial charge in [-0.1, -0.05) is 60.7 Å².